The number of aliphatic carboxylic acids is 1. The molecule has 0 atom stereocenters. The van der Waals surface area contributed by atoms with Gasteiger partial charge in [-0.15, -0.1) is 0 Å². The van der Waals surface area contributed by atoms with Gasteiger partial charge in [0.1, 0.15) is 0 Å². The van der Waals surface area contributed by atoms with Crippen molar-refractivity contribution in [1.82, 2.24) is 9.21 Å². The fraction of sp³-hybridized carbons (Fsp3) is 0.588. The van der Waals surface area contributed by atoms with Gasteiger partial charge in [0, 0.05) is 19.1 Å². The van der Waals surface area contributed by atoms with E-state index in [2.05, 4.69) is 6.92 Å². The maximum Gasteiger partial charge on any atom is 0.317 e. The first-order valence-corrected chi connectivity index (χ1v) is 9.90. The zero-order valence-electron chi connectivity index (χ0n) is 14.3. The molecule has 134 valence electrons. The van der Waals surface area contributed by atoms with Gasteiger partial charge in [-0.25, -0.2) is 12.7 Å². The van der Waals surface area contributed by atoms with E-state index in [0.717, 1.165) is 12.0 Å². The Morgan fingerprint density at radius 2 is 1.75 bits per heavy atom. The van der Waals surface area contributed by atoms with Gasteiger partial charge in [0.25, 0.3) is 0 Å². The molecule has 6 nitrogen and oxygen atoms in total. The van der Waals surface area contributed by atoms with Crippen LogP contribution in [0.4, 0.5) is 0 Å². The summed E-state index contributed by atoms with van der Waals surface area (Å²) in [7, 11) is -1.55. The van der Waals surface area contributed by atoms with Crippen molar-refractivity contribution in [2.45, 2.75) is 38.0 Å². The van der Waals surface area contributed by atoms with Crippen molar-refractivity contribution < 1.29 is 18.3 Å². The molecule has 1 heterocycles. The minimum atomic E-state index is -3.33. The van der Waals surface area contributed by atoms with E-state index < -0.39 is 16.0 Å². The third-order valence-electron chi connectivity index (χ3n) is 4.61. The Labute approximate surface area is 144 Å². The zero-order valence-corrected chi connectivity index (χ0v) is 15.1. The Bertz CT molecular complexity index is 650. The number of hydrogen-bond donors (Lipinski definition) is 1. The fourth-order valence-electron chi connectivity index (χ4n) is 3.08. The second-order valence-electron chi connectivity index (χ2n) is 6.37. The first-order valence-electron chi connectivity index (χ1n) is 8.29. The molecular formula is C17H26N2O4S. The minimum Gasteiger partial charge on any atom is -0.480 e. The lowest BCUT2D eigenvalue weighted by Crippen LogP contribution is -2.46. The SMILES string of the molecule is CCc1ccc(CS(=O)(=O)N2CCC(N(C)CC(=O)O)CC2)cc1. The standard InChI is InChI=1S/C17H26N2O4S/c1-3-14-4-6-15(7-5-14)13-24(22,23)19-10-8-16(9-11-19)18(2)12-17(20)21/h4-7,16H,3,8-13H2,1-2H3,(H,20,21). The highest BCUT2D eigenvalue weighted by Crippen LogP contribution is 2.20. The molecule has 0 aliphatic carbocycles. The maximum absolute atomic E-state index is 12.6. The molecule has 1 aliphatic heterocycles. The van der Waals surface area contributed by atoms with E-state index in [9.17, 15) is 13.2 Å². The second-order valence-corrected chi connectivity index (χ2v) is 8.33. The third-order valence-corrected chi connectivity index (χ3v) is 6.46. The van der Waals surface area contributed by atoms with Crippen LogP contribution < -0.4 is 0 Å². The molecule has 0 bridgehead atoms. The summed E-state index contributed by atoms with van der Waals surface area (Å²) in [4.78, 5) is 12.6. The largest absolute Gasteiger partial charge is 0.480 e. The zero-order chi connectivity index (χ0) is 17.7. The van der Waals surface area contributed by atoms with E-state index in [1.807, 2.05) is 24.3 Å². The second kappa shape index (κ2) is 8.09. The van der Waals surface area contributed by atoms with Gasteiger partial charge in [0.2, 0.25) is 10.0 Å². The lowest BCUT2D eigenvalue weighted by atomic mass is 10.1. The number of benzene rings is 1. The lowest BCUT2D eigenvalue weighted by molar-refractivity contribution is -0.138. The van der Waals surface area contributed by atoms with Crippen LogP contribution in [-0.2, 0) is 27.0 Å². The highest BCUT2D eigenvalue weighted by atomic mass is 32.2. The molecule has 1 saturated heterocycles. The number of piperidine rings is 1. The number of hydrogen-bond acceptors (Lipinski definition) is 4. The quantitative estimate of drug-likeness (QED) is 0.804. The molecule has 1 fully saturated rings. The summed E-state index contributed by atoms with van der Waals surface area (Å²) in [5.41, 5.74) is 2.00. The summed E-state index contributed by atoms with van der Waals surface area (Å²) >= 11 is 0. The Morgan fingerprint density at radius 1 is 1.21 bits per heavy atom. The molecule has 0 saturated carbocycles. The molecule has 0 unspecified atom stereocenters. The van der Waals surface area contributed by atoms with Gasteiger partial charge in [0.05, 0.1) is 12.3 Å². The van der Waals surface area contributed by atoms with Crippen molar-refractivity contribution in [3.05, 3.63) is 35.4 Å². The van der Waals surface area contributed by atoms with Crippen LogP contribution in [0.5, 0.6) is 0 Å². The van der Waals surface area contributed by atoms with Gasteiger partial charge in [-0.05, 0) is 37.4 Å². The Hall–Kier alpha value is -1.44. The van der Waals surface area contributed by atoms with Crippen molar-refractivity contribution in [3.63, 3.8) is 0 Å². The van der Waals surface area contributed by atoms with E-state index in [-0.39, 0.29) is 18.3 Å². The van der Waals surface area contributed by atoms with Crippen molar-refractivity contribution in [1.29, 1.82) is 0 Å². The predicted molar refractivity (Wildman–Crippen MR) is 93.3 cm³/mol. The van der Waals surface area contributed by atoms with E-state index in [4.69, 9.17) is 5.11 Å². The van der Waals surface area contributed by atoms with E-state index >= 15 is 0 Å². The molecule has 1 N–H and O–H groups in total. The van der Waals surface area contributed by atoms with Crippen molar-refractivity contribution in [3.8, 4) is 0 Å². The predicted octanol–water partition coefficient (Wildman–Crippen LogP) is 1.56. The summed E-state index contributed by atoms with van der Waals surface area (Å²) in [6.07, 6.45) is 2.26. The molecule has 2 rings (SSSR count). The Balaban J connectivity index is 1.92. The summed E-state index contributed by atoms with van der Waals surface area (Å²) in [6, 6.07) is 7.82. The number of nitrogens with zero attached hydrogens (tertiary/aromatic N) is 2. The number of carboxylic acids is 1. The molecule has 0 radical (unpaired) electrons. The number of likely N-dealkylation sites (N-methyl/N-ethyl adjacent to an activating group) is 1. The van der Waals surface area contributed by atoms with Gasteiger partial charge in [-0.3, -0.25) is 9.69 Å². The van der Waals surface area contributed by atoms with Crippen LogP contribution in [0, 0.1) is 0 Å². The fourth-order valence-corrected chi connectivity index (χ4v) is 4.64. The molecule has 1 aromatic carbocycles. The van der Waals surface area contributed by atoms with Crippen molar-refractivity contribution >= 4 is 16.0 Å². The number of carbonyl (C=O) groups is 1. The summed E-state index contributed by atoms with van der Waals surface area (Å²) in [6.45, 7) is 2.95. The minimum absolute atomic E-state index is 0.0127. The van der Waals surface area contributed by atoms with Crippen LogP contribution in [0.1, 0.15) is 30.9 Å². The average Bonchev–Trinajstić information content (AvgIpc) is 2.55. The van der Waals surface area contributed by atoms with Crippen molar-refractivity contribution in [2.24, 2.45) is 0 Å². The average molecular weight is 354 g/mol. The first kappa shape index (κ1) is 18.9. The Kier molecular flexibility index (Phi) is 6.37. The molecule has 0 aromatic heterocycles. The van der Waals surface area contributed by atoms with Gasteiger partial charge in [-0.2, -0.15) is 0 Å². The van der Waals surface area contributed by atoms with Gasteiger partial charge in [0.15, 0.2) is 0 Å². The van der Waals surface area contributed by atoms with Crippen LogP contribution in [0.15, 0.2) is 24.3 Å². The highest BCUT2D eigenvalue weighted by Gasteiger charge is 2.30. The topological polar surface area (TPSA) is 77.9 Å². The monoisotopic (exact) mass is 354 g/mol. The van der Waals surface area contributed by atoms with Gasteiger partial charge < -0.3 is 5.11 Å². The molecule has 0 amide bonds. The van der Waals surface area contributed by atoms with E-state index in [0.29, 0.717) is 25.9 Å². The van der Waals surface area contributed by atoms with Crippen LogP contribution in [0.25, 0.3) is 0 Å². The molecule has 1 aromatic rings. The summed E-state index contributed by atoms with van der Waals surface area (Å²) in [5.74, 6) is -0.838. The number of aryl methyl sites for hydroxylation is 1. The molecule has 1 aliphatic rings. The molecule has 0 spiro atoms. The summed E-state index contributed by atoms with van der Waals surface area (Å²) in [5, 5.41) is 8.85. The lowest BCUT2D eigenvalue weighted by Gasteiger charge is -2.35. The maximum atomic E-state index is 12.6. The van der Waals surface area contributed by atoms with Crippen LogP contribution >= 0.6 is 0 Å². The number of rotatable bonds is 7. The third kappa shape index (κ3) is 5.03. The van der Waals surface area contributed by atoms with Crippen LogP contribution in [-0.4, -0.2) is 61.4 Å². The number of sulfonamides is 1. The molecule has 24 heavy (non-hydrogen) atoms. The highest BCUT2D eigenvalue weighted by molar-refractivity contribution is 7.88. The Morgan fingerprint density at radius 3 is 2.25 bits per heavy atom. The van der Waals surface area contributed by atoms with Gasteiger partial charge >= 0.3 is 5.97 Å². The van der Waals surface area contributed by atoms with Gasteiger partial charge in [-0.1, -0.05) is 31.2 Å². The van der Waals surface area contributed by atoms with E-state index in [1.54, 1.807) is 11.9 Å². The van der Waals surface area contributed by atoms with E-state index in [1.165, 1.54) is 9.87 Å². The molecule has 7 heteroatoms. The van der Waals surface area contributed by atoms with Crippen molar-refractivity contribution in [2.75, 3.05) is 26.7 Å². The van der Waals surface area contributed by atoms with Crippen LogP contribution in [0.2, 0.25) is 0 Å². The van der Waals surface area contributed by atoms with Crippen LogP contribution in [0.3, 0.4) is 0 Å². The molecular weight excluding hydrogens is 328 g/mol. The smallest absolute Gasteiger partial charge is 0.317 e. The first-order chi connectivity index (χ1) is 11.3. The normalized spacial score (nSPS) is 17.3. The summed E-state index contributed by atoms with van der Waals surface area (Å²) < 4.78 is 26.7. The number of carboxylic acid groups (broad SMARTS) is 1.